The van der Waals surface area contributed by atoms with Crippen molar-refractivity contribution in [2.45, 2.75) is 20.3 Å². The fourth-order valence-corrected chi connectivity index (χ4v) is 4.12. The molecule has 7 heteroatoms. The molecule has 0 aliphatic rings. The molecule has 0 aromatic heterocycles. The number of carboxylic acids is 1. The van der Waals surface area contributed by atoms with Gasteiger partial charge in [0.25, 0.3) is 0 Å². The number of halogens is 3. The highest BCUT2D eigenvalue weighted by Gasteiger charge is 2.23. The van der Waals surface area contributed by atoms with E-state index in [2.05, 4.69) is 11.9 Å². The number of nitrogens with one attached hydrogen (secondary N) is 1. The minimum absolute atomic E-state index is 0.0983. The number of amides is 1. The zero-order chi connectivity index (χ0) is 27.1. The smallest absolute Gasteiger partial charge is 0.335 e. The van der Waals surface area contributed by atoms with Gasteiger partial charge in [-0.2, -0.15) is 0 Å². The third-order valence-electron chi connectivity index (χ3n) is 5.87. The van der Waals surface area contributed by atoms with Crippen LogP contribution in [0.2, 0.25) is 5.02 Å². The number of carbonyl (C=O) groups excluding carboxylic acids is 1. The van der Waals surface area contributed by atoms with Crippen LogP contribution in [0.3, 0.4) is 0 Å². The van der Waals surface area contributed by atoms with Gasteiger partial charge in [-0.3, -0.25) is 4.79 Å². The minimum Gasteiger partial charge on any atom is -0.478 e. The van der Waals surface area contributed by atoms with E-state index >= 15 is 0 Å². The van der Waals surface area contributed by atoms with E-state index in [0.29, 0.717) is 28.8 Å². The standard InChI is InChI=1S/C30H26ClF2NO3/c1-4-23(27-26(32)15-14-25(31)28(27)33)18(2)16-19(3)24(17-20-8-6-5-7-9-20)29(35)34-22-12-10-21(11-13-22)30(36)37/h4-16,24H,3,17H2,1-2H3,(H,34,35)(H,36,37)/b18-16-,23-4+. The maximum absolute atomic E-state index is 14.7. The van der Waals surface area contributed by atoms with Gasteiger partial charge < -0.3 is 10.4 Å². The Hall–Kier alpha value is -4.03. The molecule has 0 saturated heterocycles. The summed E-state index contributed by atoms with van der Waals surface area (Å²) in [6.07, 6.45) is 3.54. The Morgan fingerprint density at radius 3 is 2.30 bits per heavy atom. The molecule has 3 rings (SSSR count). The first kappa shape index (κ1) is 27.6. The molecule has 0 fully saturated rings. The zero-order valence-corrected chi connectivity index (χ0v) is 21.2. The van der Waals surface area contributed by atoms with Crippen LogP contribution in [0.25, 0.3) is 5.57 Å². The Labute approximate surface area is 219 Å². The van der Waals surface area contributed by atoms with E-state index in [9.17, 15) is 18.4 Å². The second-order valence-electron chi connectivity index (χ2n) is 8.44. The normalized spacial score (nSPS) is 12.7. The molecular weight excluding hydrogens is 496 g/mol. The van der Waals surface area contributed by atoms with E-state index in [1.54, 1.807) is 26.0 Å². The lowest BCUT2D eigenvalue weighted by Gasteiger charge is -2.19. The summed E-state index contributed by atoms with van der Waals surface area (Å²) in [6, 6.07) is 17.4. The Kier molecular flexibility index (Phi) is 9.15. The minimum atomic E-state index is -1.07. The van der Waals surface area contributed by atoms with Gasteiger partial charge in [0, 0.05) is 5.69 Å². The molecule has 3 aromatic carbocycles. The van der Waals surface area contributed by atoms with E-state index in [-0.39, 0.29) is 22.1 Å². The lowest BCUT2D eigenvalue weighted by Crippen LogP contribution is -2.26. The third kappa shape index (κ3) is 6.80. The number of carboxylic acid groups (broad SMARTS) is 1. The second-order valence-corrected chi connectivity index (χ2v) is 8.84. The fraction of sp³-hybridized carbons (Fsp3) is 0.133. The summed E-state index contributed by atoms with van der Waals surface area (Å²) in [5.41, 5.74) is 2.41. The molecule has 0 spiro atoms. The molecule has 0 saturated carbocycles. The van der Waals surface area contributed by atoms with Crippen molar-refractivity contribution in [1.82, 2.24) is 0 Å². The number of rotatable bonds is 9. The van der Waals surface area contributed by atoms with Crippen molar-refractivity contribution in [3.63, 3.8) is 0 Å². The van der Waals surface area contributed by atoms with Crippen molar-refractivity contribution < 1.29 is 23.5 Å². The molecule has 0 aliphatic carbocycles. The van der Waals surface area contributed by atoms with Gasteiger partial charge >= 0.3 is 5.97 Å². The van der Waals surface area contributed by atoms with Gasteiger partial charge in [0.1, 0.15) is 5.82 Å². The first-order valence-electron chi connectivity index (χ1n) is 11.5. The van der Waals surface area contributed by atoms with E-state index in [1.807, 2.05) is 30.3 Å². The van der Waals surface area contributed by atoms with Gasteiger partial charge in [-0.25, -0.2) is 13.6 Å². The van der Waals surface area contributed by atoms with Gasteiger partial charge in [0.05, 0.1) is 22.1 Å². The molecule has 1 atom stereocenters. The first-order chi connectivity index (χ1) is 17.6. The van der Waals surface area contributed by atoms with Crippen LogP contribution in [0.4, 0.5) is 14.5 Å². The molecule has 4 nitrogen and oxygen atoms in total. The van der Waals surface area contributed by atoms with Crippen LogP contribution in [0.15, 0.2) is 96.6 Å². The highest BCUT2D eigenvalue weighted by molar-refractivity contribution is 6.31. The van der Waals surface area contributed by atoms with E-state index < -0.39 is 23.5 Å². The largest absolute Gasteiger partial charge is 0.478 e. The number of hydrogen-bond acceptors (Lipinski definition) is 2. The van der Waals surface area contributed by atoms with Crippen molar-refractivity contribution in [3.8, 4) is 0 Å². The van der Waals surface area contributed by atoms with E-state index in [0.717, 1.165) is 17.7 Å². The van der Waals surface area contributed by atoms with Crippen LogP contribution < -0.4 is 5.32 Å². The molecular formula is C30H26ClF2NO3. The summed E-state index contributed by atoms with van der Waals surface area (Å²) >= 11 is 5.89. The summed E-state index contributed by atoms with van der Waals surface area (Å²) in [5.74, 6) is -3.76. The molecule has 1 unspecified atom stereocenters. The number of allylic oxidation sites excluding steroid dienone is 4. The fourth-order valence-electron chi connectivity index (χ4n) is 3.97. The molecule has 0 bridgehead atoms. The SMILES string of the molecule is C=C(/C=C(C)\C(=C/C)c1c(F)ccc(Cl)c1F)C(Cc1ccccc1)C(=O)Nc1ccc(C(=O)O)cc1. The van der Waals surface area contributed by atoms with Crippen LogP contribution in [0.1, 0.15) is 35.3 Å². The van der Waals surface area contributed by atoms with Crippen molar-refractivity contribution in [3.05, 3.63) is 130 Å². The third-order valence-corrected chi connectivity index (χ3v) is 6.17. The Morgan fingerprint density at radius 2 is 1.70 bits per heavy atom. The highest BCUT2D eigenvalue weighted by Crippen LogP contribution is 2.33. The molecule has 37 heavy (non-hydrogen) atoms. The number of carbonyl (C=O) groups is 2. The quantitative estimate of drug-likeness (QED) is 0.224. The monoisotopic (exact) mass is 521 g/mol. The van der Waals surface area contributed by atoms with Crippen LogP contribution in [-0.4, -0.2) is 17.0 Å². The van der Waals surface area contributed by atoms with Crippen molar-refractivity contribution in [2.24, 2.45) is 5.92 Å². The molecule has 0 aliphatic heterocycles. The Morgan fingerprint density at radius 1 is 1.05 bits per heavy atom. The molecule has 0 heterocycles. The predicted molar refractivity (Wildman–Crippen MR) is 144 cm³/mol. The summed E-state index contributed by atoms with van der Waals surface area (Å²) in [5, 5.41) is 11.7. The van der Waals surface area contributed by atoms with E-state index in [1.165, 1.54) is 24.3 Å². The number of aromatic carboxylic acids is 1. The maximum atomic E-state index is 14.7. The van der Waals surface area contributed by atoms with Gasteiger partial charge in [-0.05, 0) is 78.9 Å². The summed E-state index contributed by atoms with van der Waals surface area (Å²) < 4.78 is 29.3. The zero-order valence-electron chi connectivity index (χ0n) is 20.4. The van der Waals surface area contributed by atoms with Crippen LogP contribution >= 0.6 is 11.6 Å². The van der Waals surface area contributed by atoms with Crippen LogP contribution in [0.5, 0.6) is 0 Å². The Balaban J connectivity index is 1.93. The lowest BCUT2D eigenvalue weighted by molar-refractivity contribution is -0.118. The number of anilines is 1. The molecule has 1 amide bonds. The van der Waals surface area contributed by atoms with Crippen molar-refractivity contribution in [2.75, 3.05) is 5.32 Å². The predicted octanol–water partition coefficient (Wildman–Crippen LogP) is 7.72. The lowest BCUT2D eigenvalue weighted by atomic mass is 9.88. The van der Waals surface area contributed by atoms with Gasteiger partial charge in [0.2, 0.25) is 5.91 Å². The van der Waals surface area contributed by atoms with Gasteiger partial charge in [-0.15, -0.1) is 0 Å². The molecule has 3 aromatic rings. The number of benzene rings is 3. The van der Waals surface area contributed by atoms with E-state index in [4.69, 9.17) is 16.7 Å². The van der Waals surface area contributed by atoms with Crippen molar-refractivity contribution >= 4 is 34.7 Å². The summed E-state index contributed by atoms with van der Waals surface area (Å²) in [4.78, 5) is 24.5. The highest BCUT2D eigenvalue weighted by atomic mass is 35.5. The van der Waals surface area contributed by atoms with Crippen molar-refractivity contribution in [1.29, 1.82) is 0 Å². The van der Waals surface area contributed by atoms with Gasteiger partial charge in [0.15, 0.2) is 5.82 Å². The van der Waals surface area contributed by atoms with Crippen LogP contribution in [-0.2, 0) is 11.2 Å². The first-order valence-corrected chi connectivity index (χ1v) is 11.9. The Bertz CT molecular complexity index is 1380. The molecule has 0 radical (unpaired) electrons. The molecule has 190 valence electrons. The maximum Gasteiger partial charge on any atom is 0.335 e. The summed E-state index contributed by atoms with van der Waals surface area (Å²) in [7, 11) is 0. The van der Waals surface area contributed by atoms with Gasteiger partial charge in [-0.1, -0.05) is 60.7 Å². The number of hydrogen-bond donors (Lipinski definition) is 2. The van der Waals surface area contributed by atoms with Crippen LogP contribution in [0, 0.1) is 17.6 Å². The molecule has 2 N–H and O–H groups in total. The summed E-state index contributed by atoms with van der Waals surface area (Å²) in [6.45, 7) is 7.45. The topological polar surface area (TPSA) is 66.4 Å². The second kappa shape index (κ2) is 12.3. The average Bonchev–Trinajstić information content (AvgIpc) is 2.88. The average molecular weight is 522 g/mol.